The average molecular weight is 359 g/mol. The summed E-state index contributed by atoms with van der Waals surface area (Å²) in [6.45, 7) is 0. The van der Waals surface area contributed by atoms with E-state index in [4.69, 9.17) is 9.84 Å². The molecule has 0 aliphatic carbocycles. The number of carboxylic acids is 1. The van der Waals surface area contributed by atoms with E-state index in [-0.39, 0.29) is 5.56 Å². The smallest absolute Gasteiger partial charge is 0.335 e. The van der Waals surface area contributed by atoms with E-state index in [2.05, 4.69) is 15.1 Å². The molecule has 1 heterocycles. The van der Waals surface area contributed by atoms with Gasteiger partial charge in [-0.3, -0.25) is 0 Å². The summed E-state index contributed by atoms with van der Waals surface area (Å²) in [4.78, 5) is 29.1. The van der Waals surface area contributed by atoms with E-state index in [1.54, 1.807) is 48.5 Å². The molecule has 3 aromatic carbocycles. The molecule has 0 unspecified atom stereocenters. The molecule has 27 heavy (non-hydrogen) atoms. The van der Waals surface area contributed by atoms with Gasteiger partial charge in [0.1, 0.15) is 23.0 Å². The van der Waals surface area contributed by atoms with Crippen molar-refractivity contribution in [1.29, 1.82) is 0 Å². The first kappa shape index (κ1) is 16.5. The lowest BCUT2D eigenvalue weighted by Crippen LogP contribution is -1.94. The zero-order chi connectivity index (χ0) is 18.8. The van der Waals surface area contributed by atoms with Crippen LogP contribution in [0.4, 0.5) is 5.69 Å². The fourth-order valence-electron chi connectivity index (χ4n) is 2.67. The number of fused-ring (bicyclic) bond motifs is 1. The zero-order valence-corrected chi connectivity index (χ0v) is 13.9. The number of nitrogens with zero attached hydrogens (tertiary/aromatic N) is 2. The van der Waals surface area contributed by atoms with Crippen molar-refractivity contribution in [1.82, 2.24) is 9.97 Å². The van der Waals surface area contributed by atoms with Crippen LogP contribution in [0.1, 0.15) is 10.4 Å². The Morgan fingerprint density at radius 2 is 1.63 bits per heavy atom. The molecule has 7 heteroatoms. The number of benzene rings is 3. The minimum Gasteiger partial charge on any atom is -0.478 e. The number of H-pyrrole nitrogens is 1. The number of nitroso groups, excluding NO2 is 1. The van der Waals surface area contributed by atoms with Gasteiger partial charge in [-0.2, -0.15) is 0 Å². The number of hydrogen-bond acceptors (Lipinski definition) is 5. The second-order valence-corrected chi connectivity index (χ2v) is 5.83. The Bertz CT molecular complexity index is 1130. The first-order valence-corrected chi connectivity index (χ1v) is 8.07. The molecule has 7 nitrogen and oxygen atoms in total. The average Bonchev–Trinajstić information content (AvgIpc) is 3.12. The summed E-state index contributed by atoms with van der Waals surface area (Å²) in [6, 6.07) is 18.6. The van der Waals surface area contributed by atoms with E-state index in [0.29, 0.717) is 34.0 Å². The maximum atomic E-state index is 11.1. The molecule has 0 aliphatic rings. The topological polar surface area (TPSA) is 105 Å². The number of nitrogens with one attached hydrogen (secondary N) is 1. The second kappa shape index (κ2) is 6.72. The fraction of sp³-hybridized carbons (Fsp3) is 0. The van der Waals surface area contributed by atoms with Crippen molar-refractivity contribution in [2.75, 3.05) is 0 Å². The van der Waals surface area contributed by atoms with Crippen LogP contribution in [0.5, 0.6) is 11.5 Å². The van der Waals surface area contributed by atoms with Gasteiger partial charge in [-0.15, -0.1) is 4.91 Å². The lowest BCUT2D eigenvalue weighted by atomic mass is 10.2. The summed E-state index contributed by atoms with van der Waals surface area (Å²) < 4.78 is 5.73. The number of ether oxygens (including phenoxy) is 1. The third kappa shape index (κ3) is 3.38. The molecule has 0 bridgehead atoms. The van der Waals surface area contributed by atoms with Crippen molar-refractivity contribution in [3.63, 3.8) is 0 Å². The summed E-state index contributed by atoms with van der Waals surface area (Å²) in [5.41, 5.74) is 2.75. The van der Waals surface area contributed by atoms with Crippen LogP contribution in [0.25, 0.3) is 22.4 Å². The molecule has 0 fully saturated rings. The maximum absolute atomic E-state index is 11.1. The van der Waals surface area contributed by atoms with E-state index in [1.165, 1.54) is 6.07 Å². The Morgan fingerprint density at radius 3 is 2.26 bits per heavy atom. The van der Waals surface area contributed by atoms with Crippen molar-refractivity contribution in [3.8, 4) is 22.9 Å². The molecule has 0 spiro atoms. The van der Waals surface area contributed by atoms with Crippen LogP contribution < -0.4 is 4.74 Å². The predicted molar refractivity (Wildman–Crippen MR) is 100 cm³/mol. The fourth-order valence-corrected chi connectivity index (χ4v) is 2.67. The summed E-state index contributed by atoms with van der Waals surface area (Å²) in [5.74, 6) is 0.891. The molecular formula is C20H13N3O4. The molecular weight excluding hydrogens is 346 g/mol. The highest BCUT2D eigenvalue weighted by Crippen LogP contribution is 2.27. The molecule has 2 N–H and O–H groups in total. The van der Waals surface area contributed by atoms with Crippen LogP contribution in [-0.2, 0) is 0 Å². The van der Waals surface area contributed by atoms with Gasteiger partial charge in [0.15, 0.2) is 0 Å². The number of aromatic nitrogens is 2. The number of rotatable bonds is 5. The van der Waals surface area contributed by atoms with Gasteiger partial charge in [0.2, 0.25) is 0 Å². The molecule has 4 rings (SSSR count). The molecule has 1 aromatic heterocycles. The summed E-state index contributed by atoms with van der Waals surface area (Å²) in [7, 11) is 0. The standard InChI is InChI=1S/C20H13N3O4/c24-20(25)13-3-10-17-18(11-13)22-19(21-17)12-1-6-15(7-2-12)27-16-8-4-14(23-26)5-9-16/h1-11H,(H,21,22)(H,24,25). The Morgan fingerprint density at radius 1 is 0.963 bits per heavy atom. The first-order chi connectivity index (χ1) is 13.1. The van der Waals surface area contributed by atoms with Gasteiger partial charge >= 0.3 is 5.97 Å². The zero-order valence-electron chi connectivity index (χ0n) is 13.9. The van der Waals surface area contributed by atoms with Crippen LogP contribution in [0, 0.1) is 4.91 Å². The van der Waals surface area contributed by atoms with Gasteiger partial charge in [-0.1, -0.05) is 0 Å². The van der Waals surface area contributed by atoms with Crippen molar-refractivity contribution in [2.45, 2.75) is 0 Å². The maximum Gasteiger partial charge on any atom is 0.335 e. The van der Waals surface area contributed by atoms with Crippen molar-refractivity contribution >= 4 is 22.7 Å². The van der Waals surface area contributed by atoms with Gasteiger partial charge < -0.3 is 14.8 Å². The molecule has 0 saturated heterocycles. The summed E-state index contributed by atoms with van der Waals surface area (Å²) >= 11 is 0. The Balaban J connectivity index is 1.56. The molecule has 0 saturated carbocycles. The highest BCUT2D eigenvalue weighted by atomic mass is 16.5. The SMILES string of the molecule is O=Nc1ccc(Oc2ccc(-c3nc4ccc(C(=O)O)cc4[nH]3)cc2)cc1. The van der Waals surface area contributed by atoms with Crippen LogP contribution in [0.2, 0.25) is 0 Å². The number of aromatic amines is 1. The normalized spacial score (nSPS) is 10.7. The van der Waals surface area contributed by atoms with Gasteiger partial charge in [-0.05, 0) is 71.9 Å². The van der Waals surface area contributed by atoms with E-state index < -0.39 is 5.97 Å². The number of aromatic carboxylic acids is 1. The van der Waals surface area contributed by atoms with Gasteiger partial charge in [0.05, 0.1) is 16.6 Å². The van der Waals surface area contributed by atoms with E-state index in [9.17, 15) is 9.70 Å². The monoisotopic (exact) mass is 359 g/mol. The lowest BCUT2D eigenvalue weighted by molar-refractivity contribution is 0.0697. The Kier molecular flexibility index (Phi) is 4.10. The molecule has 0 radical (unpaired) electrons. The van der Waals surface area contributed by atoms with Gasteiger partial charge in [-0.25, -0.2) is 9.78 Å². The third-order valence-corrected chi connectivity index (χ3v) is 4.03. The third-order valence-electron chi connectivity index (χ3n) is 4.03. The van der Waals surface area contributed by atoms with Gasteiger partial charge in [0.25, 0.3) is 0 Å². The van der Waals surface area contributed by atoms with E-state index in [0.717, 1.165) is 5.56 Å². The highest BCUT2D eigenvalue weighted by molar-refractivity contribution is 5.93. The lowest BCUT2D eigenvalue weighted by Gasteiger charge is -2.06. The molecule has 0 amide bonds. The summed E-state index contributed by atoms with van der Waals surface area (Å²) in [6.07, 6.45) is 0. The summed E-state index contributed by atoms with van der Waals surface area (Å²) in [5, 5.41) is 11.9. The quantitative estimate of drug-likeness (QED) is 0.481. The number of carboxylic acid groups (broad SMARTS) is 1. The predicted octanol–water partition coefficient (Wildman–Crippen LogP) is 5.12. The molecule has 0 aliphatic heterocycles. The van der Waals surface area contributed by atoms with Crippen molar-refractivity contribution in [2.24, 2.45) is 5.18 Å². The van der Waals surface area contributed by atoms with Crippen molar-refractivity contribution in [3.05, 3.63) is 77.2 Å². The molecule has 132 valence electrons. The second-order valence-electron chi connectivity index (χ2n) is 5.83. The largest absolute Gasteiger partial charge is 0.478 e. The van der Waals surface area contributed by atoms with Crippen LogP contribution in [0.15, 0.2) is 71.9 Å². The van der Waals surface area contributed by atoms with E-state index in [1.807, 2.05) is 12.1 Å². The number of imidazole rings is 1. The van der Waals surface area contributed by atoms with Crippen molar-refractivity contribution < 1.29 is 14.6 Å². The van der Waals surface area contributed by atoms with E-state index >= 15 is 0 Å². The minimum atomic E-state index is -0.980. The first-order valence-electron chi connectivity index (χ1n) is 8.07. The highest BCUT2D eigenvalue weighted by Gasteiger charge is 2.09. The van der Waals surface area contributed by atoms with Gasteiger partial charge in [0, 0.05) is 5.56 Å². The van der Waals surface area contributed by atoms with Crippen LogP contribution in [-0.4, -0.2) is 21.0 Å². The Labute approximate surface area is 153 Å². The van der Waals surface area contributed by atoms with Crippen LogP contribution >= 0.6 is 0 Å². The molecule has 4 aromatic rings. The number of carbonyl (C=O) groups is 1. The molecule has 0 atom stereocenters. The Hall–Kier alpha value is -4.00. The number of hydrogen-bond donors (Lipinski definition) is 2. The van der Waals surface area contributed by atoms with Crippen LogP contribution in [0.3, 0.4) is 0 Å². The minimum absolute atomic E-state index is 0.206.